The summed E-state index contributed by atoms with van der Waals surface area (Å²) in [5.41, 5.74) is -0.0656. The number of rotatable bonds is 7. The summed E-state index contributed by atoms with van der Waals surface area (Å²) in [4.78, 5) is 20.3. The molecule has 0 spiro atoms. The Morgan fingerprint density at radius 1 is 1.19 bits per heavy atom. The second-order valence-corrected chi connectivity index (χ2v) is 5.51. The molecule has 0 saturated heterocycles. The van der Waals surface area contributed by atoms with Crippen LogP contribution in [-0.2, 0) is 0 Å². The molecule has 6 nitrogen and oxygen atoms in total. The Kier molecular flexibility index (Phi) is 7.60. The monoisotopic (exact) mass is 284 g/mol. The van der Waals surface area contributed by atoms with Gasteiger partial charge in [0.25, 0.3) is 5.70 Å². The lowest BCUT2D eigenvalue weighted by Crippen LogP contribution is -2.23. The van der Waals surface area contributed by atoms with E-state index < -0.39 is 21.6 Å². The highest BCUT2D eigenvalue weighted by molar-refractivity contribution is 8.21. The van der Waals surface area contributed by atoms with Crippen LogP contribution >= 0.6 is 35.3 Å². The van der Waals surface area contributed by atoms with E-state index in [1.807, 2.05) is 0 Å². The maximum Gasteiger partial charge on any atom is 0.285 e. The summed E-state index contributed by atoms with van der Waals surface area (Å²) < 4.78 is 0.520. The SMILES string of the molecule is CSC(SC)=C(C(C[N+](=O)[O-])SC)[N+](=O)[O-]. The molecule has 0 aromatic heterocycles. The Hall–Kier alpha value is -0.410. The van der Waals surface area contributed by atoms with Crippen molar-refractivity contribution in [1.29, 1.82) is 0 Å². The van der Waals surface area contributed by atoms with E-state index in [-0.39, 0.29) is 5.70 Å². The van der Waals surface area contributed by atoms with Crippen LogP contribution in [-0.4, -0.2) is 40.4 Å². The summed E-state index contributed by atoms with van der Waals surface area (Å²) in [7, 11) is 0. The zero-order valence-electron chi connectivity index (χ0n) is 9.04. The molecule has 0 radical (unpaired) electrons. The number of hydrogen-bond donors (Lipinski definition) is 0. The number of hydrogen-bond acceptors (Lipinski definition) is 7. The molecular weight excluding hydrogens is 272 g/mol. The van der Waals surface area contributed by atoms with E-state index in [1.165, 1.54) is 23.5 Å². The van der Waals surface area contributed by atoms with Gasteiger partial charge in [-0.2, -0.15) is 0 Å². The Morgan fingerprint density at radius 2 is 1.69 bits per heavy atom. The lowest BCUT2D eigenvalue weighted by molar-refractivity contribution is -0.488. The molecule has 0 saturated carbocycles. The Balaban J connectivity index is 5.22. The van der Waals surface area contributed by atoms with E-state index >= 15 is 0 Å². The summed E-state index contributed by atoms with van der Waals surface area (Å²) in [6.45, 7) is -0.428. The normalized spacial score (nSPS) is 11.9. The van der Waals surface area contributed by atoms with Gasteiger partial charge in [-0.1, -0.05) is 0 Å². The van der Waals surface area contributed by atoms with Gasteiger partial charge in [-0.25, -0.2) is 0 Å². The third kappa shape index (κ3) is 4.62. The van der Waals surface area contributed by atoms with Crippen LogP contribution in [0.15, 0.2) is 9.93 Å². The summed E-state index contributed by atoms with van der Waals surface area (Å²) in [6.07, 6.45) is 5.08. The number of nitrogens with zero attached hydrogens (tertiary/aromatic N) is 2. The minimum Gasteiger partial charge on any atom is -0.264 e. The first-order valence-electron chi connectivity index (χ1n) is 4.09. The van der Waals surface area contributed by atoms with Crippen molar-refractivity contribution in [2.45, 2.75) is 5.25 Å². The van der Waals surface area contributed by atoms with Crippen LogP contribution in [0.1, 0.15) is 0 Å². The summed E-state index contributed by atoms with van der Waals surface area (Å²) in [5.74, 6) is 0. The Bertz CT molecular complexity index is 302. The van der Waals surface area contributed by atoms with E-state index in [0.717, 1.165) is 11.8 Å². The molecule has 0 fully saturated rings. The van der Waals surface area contributed by atoms with E-state index in [2.05, 4.69) is 0 Å². The van der Waals surface area contributed by atoms with Crippen molar-refractivity contribution in [3.63, 3.8) is 0 Å². The molecule has 0 aliphatic rings. The van der Waals surface area contributed by atoms with Gasteiger partial charge < -0.3 is 0 Å². The standard InChI is InChI=1S/C7H12N2O4S3/c1-14-5(4-8(10)11)6(9(12)13)7(15-2)16-3/h5H,4H2,1-3H3. The maximum absolute atomic E-state index is 10.9. The van der Waals surface area contributed by atoms with Crippen LogP contribution in [0.2, 0.25) is 0 Å². The second kappa shape index (κ2) is 7.80. The fraction of sp³-hybridized carbons (Fsp3) is 0.714. The molecule has 0 heterocycles. The van der Waals surface area contributed by atoms with Crippen LogP contribution in [0.5, 0.6) is 0 Å². The number of thioether (sulfide) groups is 3. The van der Waals surface area contributed by atoms with Crippen molar-refractivity contribution in [2.24, 2.45) is 0 Å². The van der Waals surface area contributed by atoms with Crippen molar-refractivity contribution in [3.8, 4) is 0 Å². The molecule has 0 aromatic carbocycles. The van der Waals surface area contributed by atoms with Crippen molar-refractivity contribution in [3.05, 3.63) is 30.2 Å². The van der Waals surface area contributed by atoms with Gasteiger partial charge >= 0.3 is 0 Å². The van der Waals surface area contributed by atoms with Gasteiger partial charge in [-0.15, -0.1) is 35.3 Å². The molecule has 0 bridgehead atoms. The molecule has 0 aliphatic heterocycles. The predicted molar refractivity (Wildman–Crippen MR) is 70.2 cm³/mol. The summed E-state index contributed by atoms with van der Waals surface area (Å²) >= 11 is 3.61. The zero-order chi connectivity index (χ0) is 12.7. The lowest BCUT2D eigenvalue weighted by atomic mass is 10.3. The molecule has 92 valence electrons. The zero-order valence-corrected chi connectivity index (χ0v) is 11.5. The molecule has 1 atom stereocenters. The van der Waals surface area contributed by atoms with Crippen LogP contribution in [0.25, 0.3) is 0 Å². The van der Waals surface area contributed by atoms with E-state index in [1.54, 1.807) is 18.8 Å². The minimum absolute atomic E-state index is 0.0656. The highest BCUT2D eigenvalue weighted by Crippen LogP contribution is 2.32. The van der Waals surface area contributed by atoms with Gasteiger partial charge in [-0.3, -0.25) is 20.2 Å². The first-order chi connectivity index (χ1) is 7.47. The average Bonchev–Trinajstić information content (AvgIpc) is 2.22. The van der Waals surface area contributed by atoms with Gasteiger partial charge in [0.2, 0.25) is 6.54 Å². The van der Waals surface area contributed by atoms with E-state index in [0.29, 0.717) is 4.24 Å². The molecule has 9 heteroatoms. The molecule has 0 amide bonds. The van der Waals surface area contributed by atoms with Crippen molar-refractivity contribution < 1.29 is 9.85 Å². The first kappa shape index (κ1) is 15.6. The quantitative estimate of drug-likeness (QED) is 0.523. The smallest absolute Gasteiger partial charge is 0.264 e. The Labute approximate surface area is 106 Å². The topological polar surface area (TPSA) is 86.3 Å². The van der Waals surface area contributed by atoms with Crippen LogP contribution in [0.3, 0.4) is 0 Å². The summed E-state index contributed by atoms with van der Waals surface area (Å²) in [6, 6.07) is 0. The van der Waals surface area contributed by atoms with Crippen molar-refractivity contribution in [1.82, 2.24) is 0 Å². The average molecular weight is 284 g/mol. The molecule has 0 rings (SSSR count). The van der Waals surface area contributed by atoms with Gasteiger partial charge in [-0.05, 0) is 18.8 Å². The lowest BCUT2D eigenvalue weighted by Gasteiger charge is -2.10. The van der Waals surface area contributed by atoms with Gasteiger partial charge in [0.05, 0.1) is 4.92 Å². The third-order valence-electron chi connectivity index (χ3n) is 1.68. The fourth-order valence-electron chi connectivity index (χ4n) is 1.02. The third-order valence-corrected chi connectivity index (χ3v) is 4.78. The highest BCUT2D eigenvalue weighted by atomic mass is 32.2. The minimum atomic E-state index is -0.708. The molecule has 0 N–H and O–H groups in total. The van der Waals surface area contributed by atoms with E-state index in [4.69, 9.17) is 0 Å². The van der Waals surface area contributed by atoms with Gasteiger partial charge in [0.1, 0.15) is 4.24 Å². The summed E-state index contributed by atoms with van der Waals surface area (Å²) in [5, 5.41) is 20.6. The largest absolute Gasteiger partial charge is 0.285 e. The van der Waals surface area contributed by atoms with Crippen molar-refractivity contribution in [2.75, 3.05) is 25.3 Å². The number of nitro groups is 2. The molecule has 0 aromatic rings. The van der Waals surface area contributed by atoms with Crippen molar-refractivity contribution >= 4 is 35.3 Å². The highest BCUT2D eigenvalue weighted by Gasteiger charge is 2.32. The first-order valence-corrected chi connectivity index (χ1v) is 7.82. The van der Waals surface area contributed by atoms with Gasteiger partial charge in [0.15, 0.2) is 5.25 Å². The Morgan fingerprint density at radius 3 is 1.94 bits per heavy atom. The maximum atomic E-state index is 10.9. The molecule has 0 aliphatic carbocycles. The molecule has 16 heavy (non-hydrogen) atoms. The fourth-order valence-corrected chi connectivity index (χ4v) is 3.39. The molecular formula is C7H12N2O4S3. The van der Waals surface area contributed by atoms with Crippen LogP contribution in [0, 0.1) is 20.2 Å². The van der Waals surface area contributed by atoms with Gasteiger partial charge in [0, 0.05) is 4.92 Å². The van der Waals surface area contributed by atoms with E-state index in [9.17, 15) is 20.2 Å². The predicted octanol–water partition coefficient (Wildman–Crippen LogP) is 2.17. The second-order valence-electron chi connectivity index (χ2n) is 2.58. The van der Waals surface area contributed by atoms with Crippen LogP contribution in [0.4, 0.5) is 0 Å². The van der Waals surface area contributed by atoms with Crippen LogP contribution < -0.4 is 0 Å². The molecule has 1 unspecified atom stereocenters.